The summed E-state index contributed by atoms with van der Waals surface area (Å²) in [6, 6.07) is 6.46. The fourth-order valence-electron chi connectivity index (χ4n) is 1.76. The summed E-state index contributed by atoms with van der Waals surface area (Å²) in [4.78, 5) is 21.2. The number of rotatable bonds is 5. The molecule has 0 aromatic heterocycles. The minimum Gasteiger partial charge on any atom is -0.479 e. The average Bonchev–Trinajstić information content (AvgIpc) is 3.10. The summed E-state index contributed by atoms with van der Waals surface area (Å²) in [5, 5.41) is 11.2. The molecule has 1 aromatic rings. The summed E-state index contributed by atoms with van der Waals surface area (Å²) >= 11 is 0. The molecular formula is C12H13NO3. The molecule has 4 nitrogen and oxygen atoms in total. The van der Waals surface area contributed by atoms with Gasteiger partial charge in [0, 0.05) is 0 Å². The number of carboxylic acid groups (broad SMARTS) is 1. The number of carbonyl (C=O) groups excluding carboxylic acids is 1. The Morgan fingerprint density at radius 1 is 1.38 bits per heavy atom. The van der Waals surface area contributed by atoms with Crippen LogP contribution in [-0.2, 0) is 9.59 Å². The van der Waals surface area contributed by atoms with Crippen LogP contribution in [0.3, 0.4) is 0 Å². The van der Waals surface area contributed by atoms with Crippen LogP contribution in [0.25, 0.3) is 0 Å². The van der Waals surface area contributed by atoms with E-state index in [2.05, 4.69) is 5.32 Å². The molecule has 0 spiro atoms. The van der Waals surface area contributed by atoms with Gasteiger partial charge >= 0.3 is 5.97 Å². The fourth-order valence-corrected chi connectivity index (χ4v) is 1.76. The molecule has 84 valence electrons. The molecule has 1 saturated carbocycles. The van der Waals surface area contributed by atoms with Crippen molar-refractivity contribution in [3.8, 4) is 0 Å². The van der Waals surface area contributed by atoms with Crippen LogP contribution in [0.1, 0.15) is 35.9 Å². The largest absolute Gasteiger partial charge is 0.479 e. The Morgan fingerprint density at radius 3 is 2.44 bits per heavy atom. The molecule has 0 saturated heterocycles. The number of amides is 1. The lowest BCUT2D eigenvalue weighted by molar-refractivity contribution is -0.140. The third-order valence-corrected chi connectivity index (χ3v) is 2.80. The van der Waals surface area contributed by atoms with Gasteiger partial charge in [0.05, 0.1) is 0 Å². The molecule has 1 fully saturated rings. The Morgan fingerprint density at radius 2 is 2.00 bits per heavy atom. The lowest BCUT2D eigenvalue weighted by Crippen LogP contribution is -2.27. The van der Waals surface area contributed by atoms with Gasteiger partial charge in [-0.05, 0) is 29.9 Å². The summed E-state index contributed by atoms with van der Waals surface area (Å²) in [5.41, 5.74) is 1.85. The Bertz CT molecular complexity index is 395. The Labute approximate surface area is 93.3 Å². The summed E-state index contributed by atoms with van der Waals surface area (Å²) < 4.78 is 0. The van der Waals surface area contributed by atoms with Crippen LogP contribution < -0.4 is 5.32 Å². The molecule has 1 aromatic carbocycles. The van der Waals surface area contributed by atoms with Gasteiger partial charge in [0.15, 0.2) is 6.04 Å². The minimum absolute atomic E-state index is 0.410. The van der Waals surface area contributed by atoms with Crippen LogP contribution in [0.15, 0.2) is 24.3 Å². The highest BCUT2D eigenvalue weighted by molar-refractivity contribution is 5.78. The first-order valence-corrected chi connectivity index (χ1v) is 5.24. The third kappa shape index (κ3) is 2.21. The van der Waals surface area contributed by atoms with Crippen LogP contribution >= 0.6 is 0 Å². The second-order valence-electron chi connectivity index (χ2n) is 4.00. The predicted octanol–water partition coefficient (Wildman–Crippen LogP) is 1.44. The minimum atomic E-state index is -1.05. The molecule has 4 heteroatoms. The van der Waals surface area contributed by atoms with E-state index in [9.17, 15) is 9.59 Å². The van der Waals surface area contributed by atoms with Crippen LogP contribution in [0, 0.1) is 0 Å². The maximum atomic E-state index is 10.9. The SMILES string of the molecule is O=CNC(C(=O)O)c1ccc(C2CC2)cc1. The fraction of sp³-hybridized carbons (Fsp3) is 0.333. The molecule has 0 aliphatic heterocycles. The van der Waals surface area contributed by atoms with Crippen molar-refractivity contribution in [2.45, 2.75) is 24.8 Å². The maximum Gasteiger partial charge on any atom is 0.330 e. The van der Waals surface area contributed by atoms with E-state index in [1.165, 1.54) is 18.4 Å². The summed E-state index contributed by atoms with van der Waals surface area (Å²) in [7, 11) is 0. The molecule has 1 aliphatic rings. The Hall–Kier alpha value is -1.84. The number of carboxylic acids is 1. The van der Waals surface area contributed by atoms with Gasteiger partial charge in [0.2, 0.25) is 6.41 Å². The van der Waals surface area contributed by atoms with Crippen molar-refractivity contribution >= 4 is 12.4 Å². The molecule has 1 amide bonds. The summed E-state index contributed by atoms with van der Waals surface area (Å²) in [6.45, 7) is 0. The second-order valence-corrected chi connectivity index (χ2v) is 4.00. The molecule has 0 radical (unpaired) electrons. The van der Waals surface area contributed by atoms with E-state index in [4.69, 9.17) is 5.11 Å². The zero-order valence-electron chi connectivity index (χ0n) is 8.72. The molecular weight excluding hydrogens is 206 g/mol. The van der Waals surface area contributed by atoms with Gasteiger partial charge in [-0.2, -0.15) is 0 Å². The lowest BCUT2D eigenvalue weighted by atomic mass is 10.0. The van der Waals surface area contributed by atoms with Crippen molar-refractivity contribution in [3.63, 3.8) is 0 Å². The average molecular weight is 219 g/mol. The first-order chi connectivity index (χ1) is 7.72. The normalized spacial score (nSPS) is 16.5. The standard InChI is InChI=1S/C12H13NO3/c14-7-13-11(12(15)16)10-5-3-9(4-6-10)8-1-2-8/h3-8,11H,1-2H2,(H,13,14)(H,15,16). The van der Waals surface area contributed by atoms with Gasteiger partial charge in [0.1, 0.15) is 0 Å². The smallest absolute Gasteiger partial charge is 0.330 e. The monoisotopic (exact) mass is 219 g/mol. The number of aliphatic carboxylic acids is 1. The van der Waals surface area contributed by atoms with E-state index in [0.717, 1.165) is 0 Å². The van der Waals surface area contributed by atoms with Gasteiger partial charge in [-0.1, -0.05) is 24.3 Å². The summed E-state index contributed by atoms with van der Waals surface area (Å²) in [6.07, 6.45) is 2.84. The Kier molecular flexibility index (Phi) is 2.90. The molecule has 16 heavy (non-hydrogen) atoms. The number of benzene rings is 1. The first kappa shape index (κ1) is 10.7. The van der Waals surface area contributed by atoms with Gasteiger partial charge in [-0.3, -0.25) is 4.79 Å². The third-order valence-electron chi connectivity index (χ3n) is 2.80. The zero-order chi connectivity index (χ0) is 11.5. The van der Waals surface area contributed by atoms with Gasteiger partial charge in [-0.15, -0.1) is 0 Å². The van der Waals surface area contributed by atoms with E-state index in [1.54, 1.807) is 12.1 Å². The topological polar surface area (TPSA) is 66.4 Å². The highest BCUT2D eigenvalue weighted by atomic mass is 16.4. The van der Waals surface area contributed by atoms with Crippen molar-refractivity contribution in [1.29, 1.82) is 0 Å². The van der Waals surface area contributed by atoms with Crippen molar-refractivity contribution in [3.05, 3.63) is 35.4 Å². The van der Waals surface area contributed by atoms with E-state index < -0.39 is 12.0 Å². The first-order valence-electron chi connectivity index (χ1n) is 5.24. The highest BCUT2D eigenvalue weighted by Gasteiger charge is 2.24. The van der Waals surface area contributed by atoms with Crippen LogP contribution in [-0.4, -0.2) is 17.5 Å². The van der Waals surface area contributed by atoms with E-state index in [1.807, 2.05) is 12.1 Å². The van der Waals surface area contributed by atoms with Gasteiger partial charge in [0.25, 0.3) is 0 Å². The van der Waals surface area contributed by atoms with E-state index in [0.29, 0.717) is 17.9 Å². The van der Waals surface area contributed by atoms with Crippen molar-refractivity contribution in [2.24, 2.45) is 0 Å². The molecule has 2 rings (SSSR count). The molecule has 1 unspecified atom stereocenters. The Balaban J connectivity index is 2.17. The van der Waals surface area contributed by atoms with E-state index in [-0.39, 0.29) is 0 Å². The van der Waals surface area contributed by atoms with Crippen molar-refractivity contribution < 1.29 is 14.7 Å². The summed E-state index contributed by atoms with van der Waals surface area (Å²) in [5.74, 6) is -0.400. The van der Waals surface area contributed by atoms with Gasteiger partial charge < -0.3 is 10.4 Å². The van der Waals surface area contributed by atoms with Crippen LogP contribution in [0.4, 0.5) is 0 Å². The quantitative estimate of drug-likeness (QED) is 0.736. The maximum absolute atomic E-state index is 10.9. The van der Waals surface area contributed by atoms with Gasteiger partial charge in [-0.25, -0.2) is 4.79 Å². The molecule has 2 N–H and O–H groups in total. The lowest BCUT2D eigenvalue weighted by Gasteiger charge is -2.11. The van der Waals surface area contributed by atoms with E-state index >= 15 is 0 Å². The zero-order valence-corrected chi connectivity index (χ0v) is 8.72. The van der Waals surface area contributed by atoms with Crippen molar-refractivity contribution in [2.75, 3.05) is 0 Å². The number of hydrogen-bond acceptors (Lipinski definition) is 2. The number of nitrogens with one attached hydrogen (secondary N) is 1. The van der Waals surface area contributed by atoms with Crippen LogP contribution in [0.2, 0.25) is 0 Å². The molecule has 1 atom stereocenters. The number of carbonyl (C=O) groups is 2. The molecule has 0 bridgehead atoms. The predicted molar refractivity (Wildman–Crippen MR) is 58.0 cm³/mol. The van der Waals surface area contributed by atoms with Crippen LogP contribution in [0.5, 0.6) is 0 Å². The molecule has 1 aliphatic carbocycles. The second kappa shape index (κ2) is 4.35. The highest BCUT2D eigenvalue weighted by Crippen LogP contribution is 2.40. The molecule has 0 heterocycles. The number of hydrogen-bond donors (Lipinski definition) is 2. The van der Waals surface area contributed by atoms with Crippen molar-refractivity contribution in [1.82, 2.24) is 5.32 Å².